The molecule has 7 nitrogen and oxygen atoms in total. The maximum atomic E-state index is 5.89. The van der Waals surface area contributed by atoms with Crippen molar-refractivity contribution in [2.75, 3.05) is 20.2 Å². The zero-order valence-electron chi connectivity index (χ0n) is 17.9. The lowest BCUT2D eigenvalue weighted by Crippen LogP contribution is -2.37. The van der Waals surface area contributed by atoms with E-state index in [-0.39, 0.29) is 24.0 Å². The third-order valence-corrected chi connectivity index (χ3v) is 4.86. The first kappa shape index (κ1) is 23.5. The van der Waals surface area contributed by atoms with Gasteiger partial charge in [-0.15, -0.1) is 24.0 Å². The molecule has 0 amide bonds. The summed E-state index contributed by atoms with van der Waals surface area (Å²) in [5.41, 5.74) is 1.08. The molecule has 0 aliphatic rings. The molecule has 166 valence electrons. The van der Waals surface area contributed by atoms with Gasteiger partial charge in [0, 0.05) is 38.7 Å². The van der Waals surface area contributed by atoms with Gasteiger partial charge in [-0.05, 0) is 41.0 Å². The van der Waals surface area contributed by atoms with E-state index >= 15 is 0 Å². The second kappa shape index (κ2) is 12.0. The van der Waals surface area contributed by atoms with Crippen LogP contribution in [0.5, 0.6) is 5.75 Å². The molecule has 0 radical (unpaired) electrons. The molecule has 0 aliphatic carbocycles. The van der Waals surface area contributed by atoms with Crippen LogP contribution >= 0.6 is 24.0 Å². The van der Waals surface area contributed by atoms with Gasteiger partial charge in [-0.25, -0.2) is 9.97 Å². The summed E-state index contributed by atoms with van der Waals surface area (Å²) >= 11 is 0. The second-order valence-electron chi connectivity index (χ2n) is 7.06. The van der Waals surface area contributed by atoms with Gasteiger partial charge in [0.15, 0.2) is 5.96 Å². The molecule has 0 atom stereocenters. The Morgan fingerprint density at radius 1 is 1.06 bits per heavy atom. The standard InChI is InChI=1S/C24H26N6O.HI/c1-25-24(29-17-19-7-10-23(28-16-19)30-13-12-26-18-30)27-11-4-14-31-22-9-8-20-5-2-3-6-21(20)15-22;/h2-3,5-10,12-13,15-16,18H,4,11,14,17H2,1H3,(H2,25,27,29);1H. The number of imidazole rings is 1. The van der Waals surface area contributed by atoms with Crippen LogP contribution in [0.2, 0.25) is 0 Å². The first-order chi connectivity index (χ1) is 15.3. The summed E-state index contributed by atoms with van der Waals surface area (Å²) < 4.78 is 7.76. The number of benzene rings is 2. The van der Waals surface area contributed by atoms with Gasteiger partial charge in [0.2, 0.25) is 0 Å². The van der Waals surface area contributed by atoms with Gasteiger partial charge in [0.05, 0.1) is 6.61 Å². The molecule has 0 saturated carbocycles. The zero-order valence-corrected chi connectivity index (χ0v) is 20.3. The highest BCUT2D eigenvalue weighted by molar-refractivity contribution is 14.0. The van der Waals surface area contributed by atoms with Crippen molar-refractivity contribution in [1.82, 2.24) is 25.2 Å². The lowest BCUT2D eigenvalue weighted by molar-refractivity contribution is 0.311. The maximum Gasteiger partial charge on any atom is 0.191 e. The van der Waals surface area contributed by atoms with Gasteiger partial charge in [-0.2, -0.15) is 0 Å². The molecule has 0 unspecified atom stereocenters. The second-order valence-corrected chi connectivity index (χ2v) is 7.06. The molecule has 0 spiro atoms. The van der Waals surface area contributed by atoms with E-state index in [9.17, 15) is 0 Å². The molecule has 2 N–H and O–H groups in total. The number of aliphatic imine (C=N–C) groups is 1. The van der Waals surface area contributed by atoms with Crippen LogP contribution in [0.4, 0.5) is 0 Å². The molecule has 0 saturated heterocycles. The lowest BCUT2D eigenvalue weighted by atomic mass is 10.1. The smallest absolute Gasteiger partial charge is 0.191 e. The van der Waals surface area contributed by atoms with Crippen molar-refractivity contribution in [3.8, 4) is 11.6 Å². The molecule has 0 bridgehead atoms. The molecule has 2 aromatic carbocycles. The van der Waals surface area contributed by atoms with Crippen molar-refractivity contribution in [2.45, 2.75) is 13.0 Å². The molecule has 32 heavy (non-hydrogen) atoms. The minimum atomic E-state index is 0. The van der Waals surface area contributed by atoms with E-state index in [0.29, 0.717) is 13.2 Å². The van der Waals surface area contributed by atoms with E-state index in [2.05, 4.69) is 49.9 Å². The van der Waals surface area contributed by atoms with Gasteiger partial charge < -0.3 is 15.4 Å². The largest absolute Gasteiger partial charge is 0.494 e. The highest BCUT2D eigenvalue weighted by Gasteiger charge is 2.02. The van der Waals surface area contributed by atoms with Crippen LogP contribution in [-0.2, 0) is 6.54 Å². The summed E-state index contributed by atoms with van der Waals surface area (Å²) in [6.07, 6.45) is 8.06. The number of guanidine groups is 1. The van der Waals surface area contributed by atoms with E-state index in [1.165, 1.54) is 10.8 Å². The van der Waals surface area contributed by atoms with Crippen molar-refractivity contribution in [1.29, 1.82) is 0 Å². The number of rotatable bonds is 8. The molecular formula is C24H27IN6O. The Bertz CT molecular complexity index is 1130. The Labute approximate surface area is 205 Å². The summed E-state index contributed by atoms with van der Waals surface area (Å²) in [6, 6.07) is 18.5. The fourth-order valence-corrected chi connectivity index (χ4v) is 3.20. The van der Waals surface area contributed by atoms with Gasteiger partial charge >= 0.3 is 0 Å². The van der Waals surface area contributed by atoms with Crippen LogP contribution in [0.3, 0.4) is 0 Å². The number of nitrogens with one attached hydrogen (secondary N) is 2. The summed E-state index contributed by atoms with van der Waals surface area (Å²) in [7, 11) is 1.77. The molecular weight excluding hydrogens is 515 g/mol. The number of pyridine rings is 1. The Balaban J connectivity index is 0.00000289. The van der Waals surface area contributed by atoms with Crippen LogP contribution in [0.1, 0.15) is 12.0 Å². The normalized spacial score (nSPS) is 11.1. The monoisotopic (exact) mass is 542 g/mol. The summed E-state index contributed by atoms with van der Waals surface area (Å²) in [4.78, 5) is 12.8. The van der Waals surface area contributed by atoms with Gasteiger partial charge in [0.1, 0.15) is 17.9 Å². The Morgan fingerprint density at radius 3 is 2.69 bits per heavy atom. The fourth-order valence-electron chi connectivity index (χ4n) is 3.20. The SMILES string of the molecule is CN=C(NCCCOc1ccc2ccccc2c1)NCc1ccc(-n2ccnc2)nc1.I. The predicted molar refractivity (Wildman–Crippen MR) is 139 cm³/mol. The Kier molecular flexibility index (Phi) is 8.85. The van der Waals surface area contributed by atoms with Crippen LogP contribution in [0.15, 0.2) is 84.5 Å². The van der Waals surface area contributed by atoms with Crippen molar-refractivity contribution in [2.24, 2.45) is 4.99 Å². The van der Waals surface area contributed by atoms with Crippen LogP contribution < -0.4 is 15.4 Å². The molecule has 0 fully saturated rings. The quantitative estimate of drug-likeness (QED) is 0.151. The number of aromatic nitrogens is 3. The molecule has 2 heterocycles. The van der Waals surface area contributed by atoms with Crippen LogP contribution in [0.25, 0.3) is 16.6 Å². The first-order valence-electron chi connectivity index (χ1n) is 10.3. The Morgan fingerprint density at radius 2 is 1.94 bits per heavy atom. The van der Waals surface area contributed by atoms with E-state index in [4.69, 9.17) is 4.74 Å². The van der Waals surface area contributed by atoms with Crippen LogP contribution in [-0.4, -0.2) is 40.7 Å². The van der Waals surface area contributed by atoms with Gasteiger partial charge in [0.25, 0.3) is 0 Å². The number of hydrogen-bond acceptors (Lipinski definition) is 4. The van der Waals surface area contributed by atoms with E-state index in [0.717, 1.165) is 36.1 Å². The fraction of sp³-hybridized carbons (Fsp3) is 0.208. The first-order valence-corrected chi connectivity index (χ1v) is 10.3. The number of hydrogen-bond donors (Lipinski definition) is 2. The van der Waals surface area contributed by atoms with Gasteiger partial charge in [-0.1, -0.05) is 36.4 Å². The number of ether oxygens (including phenoxy) is 1. The van der Waals surface area contributed by atoms with Crippen molar-refractivity contribution in [3.63, 3.8) is 0 Å². The summed E-state index contributed by atoms with van der Waals surface area (Å²) in [5.74, 6) is 2.49. The van der Waals surface area contributed by atoms with E-state index < -0.39 is 0 Å². The van der Waals surface area contributed by atoms with E-state index in [1.54, 1.807) is 19.6 Å². The predicted octanol–water partition coefficient (Wildman–Crippen LogP) is 4.17. The molecule has 4 rings (SSSR count). The highest BCUT2D eigenvalue weighted by Crippen LogP contribution is 2.20. The Hall–Kier alpha value is -3.14. The minimum absolute atomic E-state index is 0. The topological polar surface area (TPSA) is 76.4 Å². The zero-order chi connectivity index (χ0) is 21.3. The summed E-state index contributed by atoms with van der Waals surface area (Å²) in [5, 5.41) is 9.03. The number of nitrogens with zero attached hydrogens (tertiary/aromatic N) is 4. The molecule has 2 aromatic heterocycles. The van der Waals surface area contributed by atoms with Crippen LogP contribution in [0, 0.1) is 0 Å². The number of halogens is 1. The van der Waals surface area contributed by atoms with Crippen molar-refractivity contribution >= 4 is 40.7 Å². The highest BCUT2D eigenvalue weighted by atomic mass is 127. The van der Waals surface area contributed by atoms with Gasteiger partial charge in [-0.3, -0.25) is 9.56 Å². The van der Waals surface area contributed by atoms with E-state index in [1.807, 2.05) is 47.3 Å². The lowest BCUT2D eigenvalue weighted by Gasteiger charge is -2.12. The molecule has 8 heteroatoms. The van der Waals surface area contributed by atoms with Crippen molar-refractivity contribution < 1.29 is 4.74 Å². The molecule has 4 aromatic rings. The third kappa shape index (κ3) is 6.43. The maximum absolute atomic E-state index is 5.89. The summed E-state index contributed by atoms with van der Waals surface area (Å²) in [6.45, 7) is 2.05. The third-order valence-electron chi connectivity index (χ3n) is 4.86. The van der Waals surface area contributed by atoms with Crippen molar-refractivity contribution in [3.05, 3.63) is 85.1 Å². The number of fused-ring (bicyclic) bond motifs is 1. The average Bonchev–Trinajstić information content (AvgIpc) is 3.36. The minimum Gasteiger partial charge on any atom is -0.494 e. The molecule has 0 aliphatic heterocycles. The average molecular weight is 542 g/mol.